The molecule has 0 amide bonds. The third kappa shape index (κ3) is 4.75. The number of hydrogen-bond acceptors (Lipinski definition) is 3. The Hall–Kier alpha value is -0.470. The van der Waals surface area contributed by atoms with Crippen molar-refractivity contribution in [3.05, 3.63) is 22.4 Å². The largest absolute Gasteiger partial charge is 0.326 e. The smallest absolute Gasteiger partial charge is 0.209 e. The Labute approximate surface area is 132 Å². The first-order valence-electron chi connectivity index (χ1n) is 7.59. The predicted octanol–water partition coefficient (Wildman–Crippen LogP) is -1.47. The molecule has 2 unspecified atom stereocenters. The maximum absolute atomic E-state index is 11.6. The molecule has 0 aromatic carbocycles. The SMILES string of the molecule is CC[NH+]1CC[NH+](C(c2cccs2)C(C)NS(C)(=O)=O)CC1. The van der Waals surface area contributed by atoms with Crippen molar-refractivity contribution in [2.24, 2.45) is 0 Å². The lowest BCUT2D eigenvalue weighted by Crippen LogP contribution is -3.28. The third-order valence-electron chi connectivity index (χ3n) is 4.29. The van der Waals surface area contributed by atoms with Crippen LogP contribution < -0.4 is 14.5 Å². The Morgan fingerprint density at radius 2 is 2.00 bits per heavy atom. The number of likely N-dealkylation sites (N-methyl/N-ethyl adjacent to an activating group) is 1. The van der Waals surface area contributed by atoms with Crippen LogP contribution in [0.4, 0.5) is 0 Å². The Balaban J connectivity index is 2.14. The molecule has 2 atom stereocenters. The minimum absolute atomic E-state index is 0.0863. The Morgan fingerprint density at radius 1 is 1.33 bits per heavy atom. The molecule has 3 N–H and O–H groups in total. The van der Waals surface area contributed by atoms with Crippen LogP contribution in [0, 0.1) is 0 Å². The van der Waals surface area contributed by atoms with Crippen molar-refractivity contribution in [3.8, 4) is 0 Å². The first-order valence-corrected chi connectivity index (χ1v) is 10.4. The van der Waals surface area contributed by atoms with Gasteiger partial charge in [0.2, 0.25) is 10.0 Å². The minimum atomic E-state index is -3.18. The van der Waals surface area contributed by atoms with Gasteiger partial charge in [0.15, 0.2) is 0 Å². The van der Waals surface area contributed by atoms with E-state index in [4.69, 9.17) is 0 Å². The molecule has 7 heteroatoms. The van der Waals surface area contributed by atoms with Gasteiger partial charge >= 0.3 is 0 Å². The zero-order valence-electron chi connectivity index (χ0n) is 13.1. The molecule has 0 saturated carbocycles. The molecule has 1 aromatic rings. The number of piperazine rings is 1. The summed E-state index contributed by atoms with van der Waals surface area (Å²) < 4.78 is 25.9. The highest BCUT2D eigenvalue weighted by molar-refractivity contribution is 7.88. The molecule has 21 heavy (non-hydrogen) atoms. The fraction of sp³-hybridized carbons (Fsp3) is 0.714. The topological polar surface area (TPSA) is 55.1 Å². The summed E-state index contributed by atoms with van der Waals surface area (Å²) >= 11 is 1.72. The maximum Gasteiger partial charge on any atom is 0.209 e. The highest BCUT2D eigenvalue weighted by atomic mass is 32.2. The van der Waals surface area contributed by atoms with Crippen molar-refractivity contribution in [3.63, 3.8) is 0 Å². The fourth-order valence-electron chi connectivity index (χ4n) is 3.26. The van der Waals surface area contributed by atoms with E-state index in [1.807, 2.05) is 13.0 Å². The van der Waals surface area contributed by atoms with E-state index >= 15 is 0 Å². The van der Waals surface area contributed by atoms with Crippen LogP contribution in [0.25, 0.3) is 0 Å². The first kappa shape index (κ1) is 16.9. The van der Waals surface area contributed by atoms with E-state index in [1.54, 1.807) is 16.2 Å². The summed E-state index contributed by atoms with van der Waals surface area (Å²) in [5, 5.41) is 2.07. The Bertz CT molecular complexity index is 522. The van der Waals surface area contributed by atoms with Crippen LogP contribution in [-0.2, 0) is 10.0 Å². The van der Waals surface area contributed by atoms with Gasteiger partial charge in [-0.2, -0.15) is 0 Å². The Kier molecular flexibility index (Phi) is 5.79. The number of sulfonamides is 1. The molecule has 2 heterocycles. The summed E-state index contributed by atoms with van der Waals surface area (Å²) in [4.78, 5) is 4.42. The van der Waals surface area contributed by atoms with E-state index in [0.717, 1.165) is 13.1 Å². The number of nitrogens with one attached hydrogen (secondary N) is 3. The van der Waals surface area contributed by atoms with E-state index in [9.17, 15) is 8.42 Å². The van der Waals surface area contributed by atoms with Crippen molar-refractivity contribution in [2.45, 2.75) is 25.9 Å². The lowest BCUT2D eigenvalue weighted by molar-refractivity contribution is -1.03. The molecule has 0 spiro atoms. The van der Waals surface area contributed by atoms with Gasteiger partial charge in [-0.1, -0.05) is 6.07 Å². The van der Waals surface area contributed by atoms with E-state index in [1.165, 1.54) is 35.7 Å². The summed E-state index contributed by atoms with van der Waals surface area (Å²) in [6, 6.07) is 4.30. The monoisotopic (exact) mass is 333 g/mol. The summed E-state index contributed by atoms with van der Waals surface area (Å²) in [5.41, 5.74) is 0. The number of rotatable bonds is 6. The summed E-state index contributed by atoms with van der Waals surface area (Å²) in [5.74, 6) is 0. The average Bonchev–Trinajstić information content (AvgIpc) is 2.91. The van der Waals surface area contributed by atoms with Gasteiger partial charge in [-0.15, -0.1) is 11.3 Å². The molecule has 0 bridgehead atoms. The van der Waals surface area contributed by atoms with Gasteiger partial charge < -0.3 is 9.80 Å². The quantitative estimate of drug-likeness (QED) is 0.595. The standard InChI is InChI=1S/C14H25N3O2S2/c1-4-16-7-9-17(10-8-16)14(13-6-5-11-20-13)12(2)15-21(3,18)19/h5-6,11-12,14-15H,4,7-10H2,1-3H3/p+2. The molecule has 1 aliphatic heterocycles. The second-order valence-corrected chi connectivity index (χ2v) is 8.69. The predicted molar refractivity (Wildman–Crippen MR) is 86.4 cm³/mol. The number of hydrogen-bond donors (Lipinski definition) is 3. The molecule has 5 nitrogen and oxygen atoms in total. The molecule has 1 saturated heterocycles. The van der Waals surface area contributed by atoms with Gasteiger partial charge in [-0.25, -0.2) is 13.1 Å². The molecular weight excluding hydrogens is 306 g/mol. The molecule has 120 valence electrons. The van der Waals surface area contributed by atoms with Crippen molar-refractivity contribution in [2.75, 3.05) is 39.0 Å². The van der Waals surface area contributed by atoms with Gasteiger partial charge in [0.05, 0.1) is 23.7 Å². The van der Waals surface area contributed by atoms with Gasteiger partial charge in [-0.05, 0) is 25.3 Å². The van der Waals surface area contributed by atoms with Gasteiger partial charge in [0, 0.05) is 0 Å². The van der Waals surface area contributed by atoms with Crippen LogP contribution in [0.1, 0.15) is 24.8 Å². The normalized spacial score (nSPS) is 26.4. The fourth-order valence-corrected chi connectivity index (χ4v) is 5.06. The van der Waals surface area contributed by atoms with E-state index in [-0.39, 0.29) is 12.1 Å². The molecule has 1 fully saturated rings. The van der Waals surface area contributed by atoms with Gasteiger partial charge in [0.25, 0.3) is 0 Å². The van der Waals surface area contributed by atoms with Crippen molar-refractivity contribution < 1.29 is 18.2 Å². The summed E-state index contributed by atoms with van der Waals surface area (Å²) in [6.45, 7) is 9.91. The minimum Gasteiger partial charge on any atom is -0.326 e. The third-order valence-corrected chi connectivity index (χ3v) is 6.04. The van der Waals surface area contributed by atoms with Crippen LogP contribution in [0.5, 0.6) is 0 Å². The van der Waals surface area contributed by atoms with E-state index in [2.05, 4.69) is 23.1 Å². The zero-order valence-corrected chi connectivity index (χ0v) is 14.7. The molecule has 1 aromatic heterocycles. The van der Waals surface area contributed by atoms with Crippen LogP contribution in [0.2, 0.25) is 0 Å². The number of thiophene rings is 1. The van der Waals surface area contributed by atoms with Crippen molar-refractivity contribution in [1.29, 1.82) is 0 Å². The van der Waals surface area contributed by atoms with Crippen LogP contribution in [-0.4, -0.2) is 53.4 Å². The highest BCUT2D eigenvalue weighted by Gasteiger charge is 2.35. The lowest BCUT2D eigenvalue weighted by Gasteiger charge is -2.36. The van der Waals surface area contributed by atoms with E-state index < -0.39 is 10.0 Å². The summed E-state index contributed by atoms with van der Waals surface area (Å²) in [7, 11) is -3.18. The lowest BCUT2D eigenvalue weighted by atomic mass is 10.1. The average molecular weight is 334 g/mol. The molecular formula is C14H27N3O2S2+2. The second-order valence-electron chi connectivity index (χ2n) is 5.93. The number of quaternary nitrogens is 2. The van der Waals surface area contributed by atoms with Crippen molar-refractivity contribution >= 4 is 21.4 Å². The van der Waals surface area contributed by atoms with Crippen LogP contribution >= 0.6 is 11.3 Å². The van der Waals surface area contributed by atoms with Crippen LogP contribution in [0.15, 0.2) is 17.5 Å². The summed E-state index contributed by atoms with van der Waals surface area (Å²) in [6.07, 6.45) is 1.24. The van der Waals surface area contributed by atoms with Crippen LogP contribution in [0.3, 0.4) is 0 Å². The van der Waals surface area contributed by atoms with E-state index in [0.29, 0.717) is 0 Å². The molecule has 2 rings (SSSR count). The molecule has 0 radical (unpaired) electrons. The van der Waals surface area contributed by atoms with Gasteiger partial charge in [-0.3, -0.25) is 0 Å². The zero-order chi connectivity index (χ0) is 15.5. The second kappa shape index (κ2) is 7.19. The first-order chi connectivity index (χ1) is 9.90. The highest BCUT2D eigenvalue weighted by Crippen LogP contribution is 2.20. The molecule has 1 aliphatic rings. The van der Waals surface area contributed by atoms with Crippen molar-refractivity contribution in [1.82, 2.24) is 4.72 Å². The maximum atomic E-state index is 11.6. The molecule has 0 aliphatic carbocycles. The Morgan fingerprint density at radius 3 is 2.48 bits per heavy atom. The van der Waals surface area contributed by atoms with Gasteiger partial charge in [0.1, 0.15) is 32.2 Å².